The summed E-state index contributed by atoms with van der Waals surface area (Å²) >= 11 is 6.30. The molecule has 4 atom stereocenters. The van der Waals surface area contributed by atoms with E-state index < -0.39 is 23.5 Å². The molecule has 4 aromatic carbocycles. The van der Waals surface area contributed by atoms with Gasteiger partial charge in [0.15, 0.2) is 6.29 Å². The maximum Gasteiger partial charge on any atom is 0.329 e. The van der Waals surface area contributed by atoms with E-state index in [1.165, 1.54) is 28.8 Å². The molecule has 3 aliphatic carbocycles. The third kappa shape index (κ3) is 10.9. The summed E-state index contributed by atoms with van der Waals surface area (Å²) in [6.45, 7) is 7.30. The number of aldehydes is 1. The summed E-state index contributed by atoms with van der Waals surface area (Å²) in [4.78, 5) is 39.4. The molecule has 65 heavy (non-hydrogen) atoms. The molecule has 1 spiro atoms. The molecule has 10 nitrogen and oxygen atoms in total. The van der Waals surface area contributed by atoms with E-state index in [-0.39, 0.29) is 12.0 Å². The molecule has 0 bridgehead atoms. The van der Waals surface area contributed by atoms with Crippen molar-refractivity contribution in [3.05, 3.63) is 142 Å². The number of fused-ring (bicyclic) bond motifs is 3. The van der Waals surface area contributed by atoms with Crippen LogP contribution in [-0.4, -0.2) is 65.3 Å². The monoisotopic (exact) mass is 899 g/mol. The molecular formula is C54H62ClN3O7. The molecule has 0 radical (unpaired) electrons. The van der Waals surface area contributed by atoms with Crippen molar-refractivity contribution in [3.8, 4) is 22.6 Å². The van der Waals surface area contributed by atoms with Gasteiger partial charge in [0.1, 0.15) is 29.7 Å². The van der Waals surface area contributed by atoms with Gasteiger partial charge in [0, 0.05) is 28.2 Å². The van der Waals surface area contributed by atoms with E-state index in [0.717, 1.165) is 78.5 Å². The zero-order chi connectivity index (χ0) is 46.1. The molecule has 1 aromatic heterocycles. The second kappa shape index (κ2) is 21.1. The lowest BCUT2D eigenvalue weighted by Crippen LogP contribution is -2.53. The van der Waals surface area contributed by atoms with Crippen LogP contribution in [0.1, 0.15) is 98.2 Å². The normalized spacial score (nSPS) is 21.7. The zero-order valence-electron chi connectivity index (χ0n) is 37.9. The van der Waals surface area contributed by atoms with Crippen molar-refractivity contribution in [2.24, 2.45) is 11.8 Å². The Kier molecular flexibility index (Phi) is 15.3. The fourth-order valence-corrected chi connectivity index (χ4v) is 10.8. The lowest BCUT2D eigenvalue weighted by Gasteiger charge is -2.47. The number of carbonyl (C=O) groups is 3. The van der Waals surface area contributed by atoms with Crippen molar-refractivity contribution in [2.45, 2.75) is 108 Å². The average molecular weight is 901 g/mol. The predicted octanol–water partition coefficient (Wildman–Crippen LogP) is 10.7. The number of pyridine rings is 1. The van der Waals surface area contributed by atoms with Crippen LogP contribution in [0.4, 0.5) is 5.69 Å². The quantitative estimate of drug-likeness (QED) is 0.0706. The van der Waals surface area contributed by atoms with Crippen molar-refractivity contribution >= 4 is 35.5 Å². The zero-order valence-corrected chi connectivity index (χ0v) is 38.7. The Labute approximate surface area is 388 Å². The Hall–Kier alpha value is -5.71. The summed E-state index contributed by atoms with van der Waals surface area (Å²) in [5, 5.41) is 26.2. The van der Waals surface area contributed by atoms with Crippen LogP contribution in [-0.2, 0) is 39.1 Å². The maximum absolute atomic E-state index is 13.1. The Morgan fingerprint density at radius 3 is 2.45 bits per heavy atom. The van der Waals surface area contributed by atoms with Gasteiger partial charge in [0.2, 0.25) is 0 Å². The van der Waals surface area contributed by atoms with E-state index in [2.05, 4.69) is 54.6 Å². The molecular weight excluding hydrogens is 838 g/mol. The molecule has 1 fully saturated rings. The lowest BCUT2D eigenvalue weighted by atomic mass is 9.59. The van der Waals surface area contributed by atoms with Crippen LogP contribution in [0.2, 0.25) is 5.02 Å². The molecule has 1 heterocycles. The highest BCUT2D eigenvalue weighted by molar-refractivity contribution is 6.30. The Morgan fingerprint density at radius 1 is 0.954 bits per heavy atom. The first-order valence-electron chi connectivity index (χ1n) is 23.0. The van der Waals surface area contributed by atoms with Crippen LogP contribution < -0.4 is 20.1 Å². The molecule has 4 N–H and O–H groups in total. The Morgan fingerprint density at radius 2 is 1.74 bits per heavy atom. The van der Waals surface area contributed by atoms with Crippen LogP contribution in [0.15, 0.2) is 103 Å². The second-order valence-corrected chi connectivity index (χ2v) is 18.8. The number of halogens is 1. The lowest BCUT2D eigenvalue weighted by molar-refractivity contribution is -0.144. The number of rotatable bonds is 16. The molecule has 342 valence electrons. The Bertz CT molecular complexity index is 2450. The van der Waals surface area contributed by atoms with E-state index in [1.54, 1.807) is 19.2 Å². The number of carbonyl (C=O) groups excluding carboxylic acids is 1. The standard InChI is InChI=1S/C44H49ClN2O5.C10H13NO2/c1-28(27-52-40-14-19-46-39-9-4-6-30(3)41(39)40)22-33-23-32-12-11-31(37-26-36(51-21-20-48)13-10-29(37)2)24-38(32)43(33)15-17-44(18-16-43,42(49)50)47-35-8-5-7-34(45)25-35;1-11-9(10(12)13)7-8-5-3-2-4-6-8/h5,7-8,10-14,19-20,24-26,28,30,33,47H,4,6,9,15-18,21-23,27H2,1-3H3,(H,49,50);2-6,9,11H,7H2,1H3,(H,12,13)/t28?,30-,33?,43?,44?;/m1./s1. The van der Waals surface area contributed by atoms with Gasteiger partial charge in [-0.05, 0) is 171 Å². The number of carboxylic acids is 2. The summed E-state index contributed by atoms with van der Waals surface area (Å²) in [5.41, 5.74) is 8.91. The molecule has 8 rings (SSSR count). The molecule has 5 aromatic rings. The molecule has 3 aliphatic rings. The molecule has 0 amide bonds. The van der Waals surface area contributed by atoms with Gasteiger partial charge in [0.05, 0.1) is 6.61 Å². The van der Waals surface area contributed by atoms with Gasteiger partial charge in [0.25, 0.3) is 0 Å². The van der Waals surface area contributed by atoms with Gasteiger partial charge >= 0.3 is 11.9 Å². The highest BCUT2D eigenvalue weighted by atomic mass is 35.5. The number of anilines is 1. The Balaban J connectivity index is 0.000000418. The van der Waals surface area contributed by atoms with Crippen LogP contribution in [0.5, 0.6) is 11.5 Å². The number of nitrogens with zero attached hydrogens (tertiary/aromatic N) is 1. The summed E-state index contributed by atoms with van der Waals surface area (Å²) < 4.78 is 12.3. The molecule has 1 saturated carbocycles. The number of aryl methyl sites for hydroxylation is 2. The summed E-state index contributed by atoms with van der Waals surface area (Å²) in [6, 6.07) is 31.2. The smallest absolute Gasteiger partial charge is 0.329 e. The third-order valence-electron chi connectivity index (χ3n) is 14.1. The fourth-order valence-electron chi connectivity index (χ4n) is 10.6. The maximum atomic E-state index is 13.1. The number of aromatic nitrogens is 1. The first kappa shape index (κ1) is 47.3. The minimum absolute atomic E-state index is 0.0105. The number of aliphatic carboxylic acids is 2. The van der Waals surface area contributed by atoms with Crippen molar-refractivity contribution in [1.29, 1.82) is 0 Å². The van der Waals surface area contributed by atoms with Gasteiger partial charge in [-0.3, -0.25) is 14.6 Å². The predicted molar refractivity (Wildman–Crippen MR) is 256 cm³/mol. The SMILES string of the molecule is CNC(Cc1ccccc1)C(=O)O.Cc1ccc(OCC=O)cc1-c1ccc2c(c1)C1(CCC(Nc3cccc(Cl)c3)(C(=O)O)CC1)C(CC(C)COc1ccnc3c1[C@H](C)CCC3)C2. The summed E-state index contributed by atoms with van der Waals surface area (Å²) in [7, 11) is 1.65. The number of hydrogen-bond donors (Lipinski definition) is 4. The largest absolute Gasteiger partial charge is 0.493 e. The first-order valence-corrected chi connectivity index (χ1v) is 23.3. The van der Waals surface area contributed by atoms with Crippen LogP contribution in [0, 0.1) is 18.8 Å². The summed E-state index contributed by atoms with van der Waals surface area (Å²) in [6.07, 6.45) is 10.9. The van der Waals surface area contributed by atoms with E-state index in [1.807, 2.05) is 72.9 Å². The third-order valence-corrected chi connectivity index (χ3v) is 14.3. The van der Waals surface area contributed by atoms with Gasteiger partial charge in [-0.15, -0.1) is 0 Å². The number of carboxylic acid groups (broad SMARTS) is 2. The second-order valence-electron chi connectivity index (χ2n) is 18.4. The average Bonchev–Trinajstić information content (AvgIpc) is 3.59. The topological polar surface area (TPSA) is 147 Å². The number of ether oxygens (including phenoxy) is 2. The fraction of sp³-hybridized carbons (Fsp3) is 0.407. The van der Waals surface area contributed by atoms with Gasteiger partial charge in [-0.2, -0.15) is 0 Å². The van der Waals surface area contributed by atoms with Crippen molar-refractivity contribution in [1.82, 2.24) is 10.3 Å². The molecule has 0 saturated heterocycles. The number of nitrogens with one attached hydrogen (secondary N) is 2. The van der Waals surface area contributed by atoms with Crippen molar-refractivity contribution < 1.29 is 34.1 Å². The van der Waals surface area contributed by atoms with Gasteiger partial charge in [-0.1, -0.05) is 86.1 Å². The van der Waals surface area contributed by atoms with Gasteiger partial charge < -0.3 is 30.3 Å². The number of likely N-dealkylation sites (N-methyl/N-ethyl adjacent to an activating group) is 1. The molecule has 3 unspecified atom stereocenters. The minimum atomic E-state index is -1.09. The van der Waals surface area contributed by atoms with E-state index in [4.69, 9.17) is 26.2 Å². The number of benzene rings is 4. The molecule has 11 heteroatoms. The van der Waals surface area contributed by atoms with E-state index in [0.29, 0.717) is 54.4 Å². The van der Waals surface area contributed by atoms with E-state index in [9.17, 15) is 19.5 Å². The van der Waals surface area contributed by atoms with Crippen LogP contribution in [0.25, 0.3) is 11.1 Å². The van der Waals surface area contributed by atoms with E-state index >= 15 is 0 Å². The van der Waals surface area contributed by atoms with Crippen molar-refractivity contribution in [2.75, 3.05) is 25.6 Å². The van der Waals surface area contributed by atoms with Crippen LogP contribution >= 0.6 is 11.6 Å². The van der Waals surface area contributed by atoms with Gasteiger partial charge in [-0.25, -0.2) is 4.79 Å². The highest BCUT2D eigenvalue weighted by Gasteiger charge is 2.54. The first-order chi connectivity index (χ1) is 31.3. The molecule has 0 aliphatic heterocycles. The number of hydrogen-bond acceptors (Lipinski definition) is 8. The summed E-state index contributed by atoms with van der Waals surface area (Å²) in [5.74, 6) is 1.07. The minimum Gasteiger partial charge on any atom is -0.493 e. The van der Waals surface area contributed by atoms with Crippen molar-refractivity contribution in [3.63, 3.8) is 0 Å². The van der Waals surface area contributed by atoms with Crippen LogP contribution in [0.3, 0.4) is 0 Å². The highest BCUT2D eigenvalue weighted by Crippen LogP contribution is 2.57.